The molecule has 5 nitrogen and oxygen atoms in total. The van der Waals surface area contributed by atoms with Crippen molar-refractivity contribution in [3.8, 4) is 17.2 Å². The highest BCUT2D eigenvalue weighted by Gasteiger charge is 2.20. The number of aromatic nitrogens is 1. The molecule has 1 heterocycles. The molecule has 0 unspecified atom stereocenters. The summed E-state index contributed by atoms with van der Waals surface area (Å²) in [6.07, 6.45) is 10.8. The van der Waals surface area contributed by atoms with Gasteiger partial charge >= 0.3 is 0 Å². The summed E-state index contributed by atoms with van der Waals surface area (Å²) in [6, 6.07) is 5.11. The van der Waals surface area contributed by atoms with Crippen molar-refractivity contribution in [2.24, 2.45) is 0 Å². The van der Waals surface area contributed by atoms with E-state index in [4.69, 9.17) is 9.47 Å². The summed E-state index contributed by atoms with van der Waals surface area (Å²) in [6.45, 7) is 8.08. The summed E-state index contributed by atoms with van der Waals surface area (Å²) in [5.74, 6) is 0.975. The second-order valence-corrected chi connectivity index (χ2v) is 7.99. The Balaban J connectivity index is 2.33. The Bertz CT molecular complexity index is 828. The van der Waals surface area contributed by atoms with Gasteiger partial charge in [-0.2, -0.15) is 0 Å². The van der Waals surface area contributed by atoms with Crippen molar-refractivity contribution in [2.75, 3.05) is 13.2 Å². The van der Waals surface area contributed by atoms with Gasteiger partial charge < -0.3 is 19.1 Å². The number of nitrogens with zero attached hydrogens (tertiary/aromatic N) is 1. The van der Waals surface area contributed by atoms with Crippen molar-refractivity contribution in [1.29, 1.82) is 0 Å². The fourth-order valence-corrected chi connectivity index (χ4v) is 3.57. The molecule has 0 saturated carbocycles. The van der Waals surface area contributed by atoms with Gasteiger partial charge in [0, 0.05) is 18.0 Å². The molecule has 5 heteroatoms. The summed E-state index contributed by atoms with van der Waals surface area (Å²) in [5, 5.41) is 10.8. The Morgan fingerprint density at radius 2 is 1.43 bits per heavy atom. The number of hydrogen-bond acceptors (Lipinski definition) is 4. The van der Waals surface area contributed by atoms with Crippen LogP contribution in [0, 0.1) is 0 Å². The van der Waals surface area contributed by atoms with Crippen LogP contribution in [-0.2, 0) is 6.54 Å². The lowest BCUT2D eigenvalue weighted by atomic mass is 10.1. The van der Waals surface area contributed by atoms with E-state index >= 15 is 0 Å². The lowest BCUT2D eigenvalue weighted by Crippen LogP contribution is -2.24. The number of phenolic OH excluding ortho intramolecular Hbond substituents is 1. The SMILES string of the molecule is CCCCCCCCOc1c(OCCCC)c2ccc(O)cc2n(CCCC)c1=O. The maximum Gasteiger partial charge on any atom is 0.297 e. The van der Waals surface area contributed by atoms with Crippen LogP contribution in [0.1, 0.15) is 85.0 Å². The van der Waals surface area contributed by atoms with Crippen molar-refractivity contribution < 1.29 is 14.6 Å². The Labute approximate surface area is 181 Å². The van der Waals surface area contributed by atoms with Crippen molar-refractivity contribution in [1.82, 2.24) is 4.57 Å². The second-order valence-electron chi connectivity index (χ2n) is 7.99. The van der Waals surface area contributed by atoms with Gasteiger partial charge in [0.15, 0.2) is 5.75 Å². The molecule has 1 aromatic carbocycles. The molecular formula is C25H39NO4. The van der Waals surface area contributed by atoms with Gasteiger partial charge in [0.05, 0.1) is 18.7 Å². The molecule has 1 aromatic heterocycles. The number of rotatable bonds is 15. The normalized spacial score (nSPS) is 11.2. The smallest absolute Gasteiger partial charge is 0.297 e. The zero-order valence-corrected chi connectivity index (χ0v) is 19.0. The van der Waals surface area contributed by atoms with Crippen LogP contribution in [0.3, 0.4) is 0 Å². The summed E-state index contributed by atoms with van der Waals surface area (Å²) in [4.78, 5) is 13.3. The average molecular weight is 418 g/mol. The summed E-state index contributed by atoms with van der Waals surface area (Å²) >= 11 is 0. The van der Waals surface area contributed by atoms with E-state index in [9.17, 15) is 9.90 Å². The molecule has 0 saturated heterocycles. The van der Waals surface area contributed by atoms with Crippen LogP contribution in [0.15, 0.2) is 23.0 Å². The van der Waals surface area contributed by atoms with E-state index in [2.05, 4.69) is 20.8 Å². The Morgan fingerprint density at radius 3 is 2.17 bits per heavy atom. The number of ether oxygens (including phenoxy) is 2. The summed E-state index contributed by atoms with van der Waals surface area (Å²) in [5.41, 5.74) is 0.533. The van der Waals surface area contributed by atoms with E-state index < -0.39 is 0 Å². The first-order valence-corrected chi connectivity index (χ1v) is 11.8. The molecule has 0 spiro atoms. The lowest BCUT2D eigenvalue weighted by molar-refractivity contribution is 0.257. The first-order chi connectivity index (χ1) is 14.6. The third-order valence-electron chi connectivity index (χ3n) is 5.39. The van der Waals surface area contributed by atoms with Crippen molar-refractivity contribution in [3.05, 3.63) is 28.6 Å². The summed E-state index contributed by atoms with van der Waals surface area (Å²) < 4.78 is 13.8. The van der Waals surface area contributed by atoms with Gasteiger partial charge in [-0.05, 0) is 31.4 Å². The quantitative estimate of drug-likeness (QED) is 0.339. The number of unbranched alkanes of at least 4 members (excludes halogenated alkanes) is 7. The largest absolute Gasteiger partial charge is 0.508 e. The monoisotopic (exact) mass is 417 g/mol. The fourth-order valence-electron chi connectivity index (χ4n) is 3.57. The highest BCUT2D eigenvalue weighted by Crippen LogP contribution is 2.35. The molecule has 30 heavy (non-hydrogen) atoms. The van der Waals surface area contributed by atoms with Crippen LogP contribution < -0.4 is 15.0 Å². The Kier molecular flexibility index (Phi) is 10.6. The zero-order chi connectivity index (χ0) is 21.8. The predicted molar refractivity (Wildman–Crippen MR) is 124 cm³/mol. The van der Waals surface area contributed by atoms with Gasteiger partial charge in [-0.15, -0.1) is 0 Å². The van der Waals surface area contributed by atoms with Crippen LogP contribution in [0.5, 0.6) is 17.2 Å². The molecule has 0 radical (unpaired) electrons. The van der Waals surface area contributed by atoms with Gasteiger partial charge in [0.1, 0.15) is 5.75 Å². The third kappa shape index (κ3) is 6.68. The van der Waals surface area contributed by atoms with Crippen molar-refractivity contribution in [2.45, 2.75) is 91.5 Å². The van der Waals surface area contributed by atoms with Gasteiger partial charge in [-0.3, -0.25) is 4.79 Å². The van der Waals surface area contributed by atoms with E-state index in [1.807, 2.05) is 6.07 Å². The van der Waals surface area contributed by atoms with Crippen LogP contribution in [0.2, 0.25) is 0 Å². The number of aryl methyl sites for hydroxylation is 1. The average Bonchev–Trinajstić information content (AvgIpc) is 2.74. The maximum absolute atomic E-state index is 13.3. The molecule has 2 rings (SSSR count). The molecule has 2 aromatic rings. The molecule has 0 aliphatic carbocycles. The third-order valence-corrected chi connectivity index (χ3v) is 5.39. The highest BCUT2D eigenvalue weighted by atomic mass is 16.5. The lowest BCUT2D eigenvalue weighted by Gasteiger charge is -2.19. The van der Waals surface area contributed by atoms with Gasteiger partial charge in [-0.25, -0.2) is 0 Å². The van der Waals surface area contributed by atoms with Crippen molar-refractivity contribution >= 4 is 10.9 Å². The topological polar surface area (TPSA) is 60.7 Å². The van der Waals surface area contributed by atoms with Crippen LogP contribution >= 0.6 is 0 Å². The molecular weight excluding hydrogens is 378 g/mol. The van der Waals surface area contributed by atoms with Crippen LogP contribution in [0.4, 0.5) is 0 Å². The standard InChI is InChI=1S/C25H39NO4/c1-4-7-10-11-12-13-18-30-24-23(29-17-9-6-3)21-15-14-20(27)19-22(21)26(25(24)28)16-8-5-2/h14-15,19,27H,4-13,16-18H2,1-3H3. The van der Waals surface area contributed by atoms with E-state index in [-0.39, 0.29) is 11.3 Å². The van der Waals surface area contributed by atoms with E-state index in [0.717, 1.165) is 43.9 Å². The number of benzene rings is 1. The Hall–Kier alpha value is -2.17. The molecule has 0 bridgehead atoms. The van der Waals surface area contributed by atoms with E-state index in [1.54, 1.807) is 16.7 Å². The predicted octanol–water partition coefficient (Wildman–Crippen LogP) is 6.43. The molecule has 0 aliphatic heterocycles. The molecule has 0 aliphatic rings. The molecule has 0 amide bonds. The second kappa shape index (κ2) is 13.2. The zero-order valence-electron chi connectivity index (χ0n) is 19.0. The minimum Gasteiger partial charge on any atom is -0.508 e. The Morgan fingerprint density at radius 1 is 0.800 bits per heavy atom. The maximum atomic E-state index is 13.3. The number of phenols is 1. The van der Waals surface area contributed by atoms with E-state index in [1.165, 1.54) is 25.7 Å². The van der Waals surface area contributed by atoms with Crippen LogP contribution in [-0.4, -0.2) is 22.9 Å². The number of hydrogen-bond donors (Lipinski definition) is 1. The highest BCUT2D eigenvalue weighted by molar-refractivity contribution is 5.89. The molecule has 0 atom stereocenters. The summed E-state index contributed by atoms with van der Waals surface area (Å²) in [7, 11) is 0. The van der Waals surface area contributed by atoms with Crippen LogP contribution in [0.25, 0.3) is 10.9 Å². The van der Waals surface area contributed by atoms with E-state index in [0.29, 0.717) is 36.8 Å². The van der Waals surface area contributed by atoms with Gasteiger partial charge in [0.25, 0.3) is 5.56 Å². The minimum atomic E-state index is -0.168. The molecule has 1 N–H and O–H groups in total. The van der Waals surface area contributed by atoms with Gasteiger partial charge in [0.2, 0.25) is 5.75 Å². The fraction of sp³-hybridized carbons (Fsp3) is 0.640. The van der Waals surface area contributed by atoms with Gasteiger partial charge in [-0.1, -0.05) is 65.7 Å². The minimum absolute atomic E-state index is 0.146. The molecule has 168 valence electrons. The first-order valence-electron chi connectivity index (χ1n) is 11.8. The molecule has 0 fully saturated rings. The van der Waals surface area contributed by atoms with Crippen molar-refractivity contribution in [3.63, 3.8) is 0 Å². The number of aromatic hydroxyl groups is 1. The first kappa shape index (κ1) is 24.1. The number of pyridine rings is 1. The number of fused-ring (bicyclic) bond motifs is 1.